The highest BCUT2D eigenvalue weighted by Crippen LogP contribution is 2.22. The average molecular weight is 287 g/mol. The summed E-state index contributed by atoms with van der Waals surface area (Å²) >= 11 is 0. The largest absolute Gasteiger partial charge is 0.446 e. The fourth-order valence-corrected chi connectivity index (χ4v) is 1.74. The van der Waals surface area contributed by atoms with E-state index in [9.17, 15) is 9.18 Å². The quantitative estimate of drug-likeness (QED) is 0.686. The Balaban J connectivity index is 2.25. The monoisotopic (exact) mass is 287 g/mol. The molecule has 2 aromatic heterocycles. The van der Waals surface area contributed by atoms with Gasteiger partial charge in [0.2, 0.25) is 5.82 Å². The minimum atomic E-state index is -0.818. The molecule has 0 aliphatic carbocycles. The van der Waals surface area contributed by atoms with E-state index in [-0.39, 0.29) is 28.6 Å². The number of aromatic nitrogens is 4. The molecule has 8 nitrogen and oxygen atoms in total. The Bertz CT molecular complexity index is 918. The number of hydrogen-bond donors (Lipinski definition) is 1. The first-order chi connectivity index (χ1) is 10.1. The summed E-state index contributed by atoms with van der Waals surface area (Å²) < 4.78 is 23.5. The van der Waals surface area contributed by atoms with Gasteiger partial charge in [0.1, 0.15) is 5.82 Å². The SMILES string of the molecule is C#Cc1cc(-n2c(-c3nonc3N)noc2=O)ccc1F. The van der Waals surface area contributed by atoms with Crippen LogP contribution in [0.1, 0.15) is 5.56 Å². The highest BCUT2D eigenvalue weighted by molar-refractivity contribution is 5.64. The summed E-state index contributed by atoms with van der Waals surface area (Å²) in [5.74, 6) is 0.658. The van der Waals surface area contributed by atoms with E-state index in [0.717, 1.165) is 10.6 Å². The van der Waals surface area contributed by atoms with Gasteiger partial charge in [-0.1, -0.05) is 11.1 Å². The number of hydrogen-bond acceptors (Lipinski definition) is 7. The van der Waals surface area contributed by atoms with Crippen molar-refractivity contribution >= 4 is 5.82 Å². The predicted octanol–water partition coefficient (Wildman–Crippen LogP) is 0.578. The number of halogens is 1. The number of terminal acetylenes is 1. The maximum atomic E-state index is 13.4. The Kier molecular flexibility index (Phi) is 2.77. The van der Waals surface area contributed by atoms with Crippen molar-refractivity contribution in [2.75, 3.05) is 5.73 Å². The second-order valence-electron chi connectivity index (χ2n) is 3.91. The standard InChI is InChI=1S/C12H6FN5O3/c1-2-6-5-7(3-4-8(6)13)18-11(17-20-12(18)19)9-10(14)16-21-15-9/h1,3-5H,(H2,14,16). The van der Waals surface area contributed by atoms with E-state index in [4.69, 9.17) is 12.2 Å². The number of nitrogens with zero attached hydrogens (tertiary/aromatic N) is 4. The van der Waals surface area contributed by atoms with E-state index in [1.807, 2.05) is 0 Å². The van der Waals surface area contributed by atoms with E-state index < -0.39 is 11.6 Å². The molecule has 21 heavy (non-hydrogen) atoms. The molecule has 0 saturated carbocycles. The van der Waals surface area contributed by atoms with Gasteiger partial charge in [-0.05, 0) is 28.5 Å². The summed E-state index contributed by atoms with van der Waals surface area (Å²) in [6.45, 7) is 0. The first kappa shape index (κ1) is 12.6. The Labute approximate surface area is 115 Å². The fourth-order valence-electron chi connectivity index (χ4n) is 1.74. The maximum absolute atomic E-state index is 13.4. The minimum absolute atomic E-state index is 0.0159. The summed E-state index contributed by atoms with van der Waals surface area (Å²) in [5, 5.41) is 10.5. The average Bonchev–Trinajstić information content (AvgIpc) is 3.05. The van der Waals surface area contributed by atoms with E-state index in [2.05, 4.69) is 30.5 Å². The van der Waals surface area contributed by atoms with Gasteiger partial charge in [-0.15, -0.1) is 6.42 Å². The molecule has 104 valence electrons. The lowest BCUT2D eigenvalue weighted by molar-refractivity contribution is 0.310. The van der Waals surface area contributed by atoms with E-state index in [0.29, 0.717) is 0 Å². The van der Waals surface area contributed by atoms with Gasteiger partial charge in [-0.25, -0.2) is 18.4 Å². The van der Waals surface area contributed by atoms with E-state index in [1.165, 1.54) is 12.1 Å². The van der Waals surface area contributed by atoms with Crippen molar-refractivity contribution in [2.45, 2.75) is 0 Å². The van der Waals surface area contributed by atoms with Gasteiger partial charge >= 0.3 is 5.76 Å². The zero-order valence-corrected chi connectivity index (χ0v) is 10.3. The normalized spacial score (nSPS) is 10.5. The van der Waals surface area contributed by atoms with E-state index in [1.54, 1.807) is 0 Å². The summed E-state index contributed by atoms with van der Waals surface area (Å²) in [4.78, 5) is 11.8. The van der Waals surface area contributed by atoms with Gasteiger partial charge in [0, 0.05) is 0 Å². The Morgan fingerprint density at radius 3 is 2.81 bits per heavy atom. The molecule has 1 aromatic carbocycles. The molecule has 0 radical (unpaired) electrons. The number of nitrogen functional groups attached to an aromatic ring is 1. The van der Waals surface area contributed by atoms with Crippen molar-refractivity contribution in [3.05, 3.63) is 40.1 Å². The first-order valence-corrected chi connectivity index (χ1v) is 5.55. The zero-order chi connectivity index (χ0) is 15.0. The lowest BCUT2D eigenvalue weighted by atomic mass is 10.2. The second kappa shape index (κ2) is 4.61. The van der Waals surface area contributed by atoms with Crippen molar-refractivity contribution in [3.8, 4) is 29.5 Å². The van der Waals surface area contributed by atoms with Crippen LogP contribution in [0.25, 0.3) is 17.2 Å². The van der Waals surface area contributed by atoms with Gasteiger partial charge in [0.25, 0.3) is 0 Å². The zero-order valence-electron chi connectivity index (χ0n) is 10.3. The molecule has 0 unspecified atom stereocenters. The summed E-state index contributed by atoms with van der Waals surface area (Å²) in [7, 11) is 0. The molecular formula is C12H6FN5O3. The van der Waals surface area contributed by atoms with Crippen LogP contribution in [0.15, 0.2) is 32.1 Å². The Morgan fingerprint density at radius 2 is 2.14 bits per heavy atom. The molecule has 9 heteroatoms. The summed E-state index contributed by atoms with van der Waals surface area (Å²) in [5.41, 5.74) is 5.80. The number of rotatable bonds is 2. The molecule has 2 heterocycles. The van der Waals surface area contributed by atoms with Crippen molar-refractivity contribution in [2.24, 2.45) is 0 Å². The molecular weight excluding hydrogens is 281 g/mol. The third-order valence-corrected chi connectivity index (χ3v) is 2.69. The minimum Gasteiger partial charge on any atom is -0.379 e. The molecule has 0 amide bonds. The molecule has 2 N–H and O–H groups in total. The van der Waals surface area contributed by atoms with Gasteiger partial charge in [0.15, 0.2) is 11.5 Å². The van der Waals surface area contributed by atoms with Crippen LogP contribution in [0.5, 0.6) is 0 Å². The topological polar surface area (TPSA) is 113 Å². The predicted molar refractivity (Wildman–Crippen MR) is 67.7 cm³/mol. The molecule has 0 spiro atoms. The van der Waals surface area contributed by atoms with Crippen LogP contribution < -0.4 is 11.5 Å². The molecule has 0 atom stereocenters. The molecule has 0 bridgehead atoms. The highest BCUT2D eigenvalue weighted by Gasteiger charge is 2.21. The van der Waals surface area contributed by atoms with Crippen molar-refractivity contribution in [1.29, 1.82) is 0 Å². The van der Waals surface area contributed by atoms with E-state index >= 15 is 0 Å². The Morgan fingerprint density at radius 1 is 1.33 bits per heavy atom. The molecule has 0 aliphatic rings. The fraction of sp³-hybridized carbons (Fsp3) is 0. The number of anilines is 1. The smallest absolute Gasteiger partial charge is 0.379 e. The van der Waals surface area contributed by atoms with Crippen LogP contribution in [0, 0.1) is 18.2 Å². The van der Waals surface area contributed by atoms with Gasteiger partial charge in [0.05, 0.1) is 11.3 Å². The van der Waals surface area contributed by atoms with Gasteiger partial charge in [-0.3, -0.25) is 4.52 Å². The maximum Gasteiger partial charge on any atom is 0.446 e. The van der Waals surface area contributed by atoms with Crippen LogP contribution in [-0.2, 0) is 0 Å². The number of benzene rings is 1. The van der Waals surface area contributed by atoms with Crippen LogP contribution >= 0.6 is 0 Å². The molecule has 0 saturated heterocycles. The summed E-state index contributed by atoms with van der Waals surface area (Å²) in [6.07, 6.45) is 5.19. The lowest BCUT2D eigenvalue weighted by Crippen LogP contribution is -2.14. The van der Waals surface area contributed by atoms with Crippen LogP contribution in [-0.4, -0.2) is 20.0 Å². The second-order valence-corrected chi connectivity index (χ2v) is 3.91. The van der Waals surface area contributed by atoms with Gasteiger partial charge in [-0.2, -0.15) is 0 Å². The van der Waals surface area contributed by atoms with Crippen molar-refractivity contribution in [3.63, 3.8) is 0 Å². The highest BCUT2D eigenvalue weighted by atomic mass is 19.1. The summed E-state index contributed by atoms with van der Waals surface area (Å²) in [6, 6.07) is 3.75. The lowest BCUT2D eigenvalue weighted by Gasteiger charge is -2.04. The third kappa shape index (κ3) is 1.95. The molecule has 0 fully saturated rings. The Hall–Kier alpha value is -3.41. The molecule has 3 aromatic rings. The molecule has 3 rings (SSSR count). The molecule has 0 aliphatic heterocycles. The van der Waals surface area contributed by atoms with Crippen LogP contribution in [0.3, 0.4) is 0 Å². The first-order valence-electron chi connectivity index (χ1n) is 5.55. The van der Waals surface area contributed by atoms with Crippen LogP contribution in [0.4, 0.5) is 10.2 Å². The van der Waals surface area contributed by atoms with Gasteiger partial charge < -0.3 is 5.73 Å². The van der Waals surface area contributed by atoms with Crippen molar-refractivity contribution < 1.29 is 13.5 Å². The van der Waals surface area contributed by atoms with Crippen molar-refractivity contribution in [1.82, 2.24) is 20.0 Å². The third-order valence-electron chi connectivity index (χ3n) is 2.69. The number of nitrogens with two attached hydrogens (primary N) is 1. The van der Waals surface area contributed by atoms with Crippen LogP contribution in [0.2, 0.25) is 0 Å².